The maximum atomic E-state index is 13.5. The maximum absolute atomic E-state index is 13.5. The summed E-state index contributed by atoms with van der Waals surface area (Å²) in [4.78, 5) is 13.2. The number of nitrogens with one attached hydrogen (secondary N) is 3. The normalized spacial score (nSPS) is 21.0. The third-order valence-electron chi connectivity index (χ3n) is 5.14. The number of aromatic nitrogens is 1. The topological polar surface area (TPSA) is 87.0 Å². The first-order valence-corrected chi connectivity index (χ1v) is 10.9. The van der Waals surface area contributed by atoms with Crippen molar-refractivity contribution in [3.63, 3.8) is 0 Å². The molecule has 0 fully saturated rings. The second-order valence-electron chi connectivity index (χ2n) is 7.19. The summed E-state index contributed by atoms with van der Waals surface area (Å²) in [5.41, 5.74) is 1.78. The van der Waals surface area contributed by atoms with Crippen LogP contribution in [0.25, 0.3) is 0 Å². The Balaban J connectivity index is 1.68. The number of aryl methyl sites for hydroxylation is 1. The van der Waals surface area contributed by atoms with Crippen molar-refractivity contribution in [3.8, 4) is 0 Å². The number of benzene rings is 2. The van der Waals surface area contributed by atoms with Crippen molar-refractivity contribution >= 4 is 21.5 Å². The highest BCUT2D eigenvalue weighted by molar-refractivity contribution is 7.90. The summed E-state index contributed by atoms with van der Waals surface area (Å²) >= 11 is 0. The Morgan fingerprint density at radius 3 is 2.63 bits per heavy atom. The lowest BCUT2D eigenvalue weighted by Gasteiger charge is -2.17. The van der Waals surface area contributed by atoms with Crippen LogP contribution < -0.4 is 10.0 Å². The van der Waals surface area contributed by atoms with Crippen LogP contribution in [0.2, 0.25) is 0 Å². The quantitative estimate of drug-likeness (QED) is 0.583. The first-order valence-electron chi connectivity index (χ1n) is 9.32. The van der Waals surface area contributed by atoms with Crippen LogP contribution in [0.1, 0.15) is 34.1 Å². The molecule has 2 atom stereocenters. The van der Waals surface area contributed by atoms with E-state index >= 15 is 0 Å². The van der Waals surface area contributed by atoms with Gasteiger partial charge in [0, 0.05) is 36.6 Å². The van der Waals surface area contributed by atoms with Gasteiger partial charge in [0.05, 0.1) is 4.90 Å². The van der Waals surface area contributed by atoms with Crippen LogP contribution in [0.5, 0.6) is 0 Å². The summed E-state index contributed by atoms with van der Waals surface area (Å²) in [5.74, 6) is -2.62. The minimum Gasteiger partial charge on any atom is -0.345 e. The highest BCUT2D eigenvalue weighted by Crippen LogP contribution is 2.32. The molecule has 0 aliphatic carbocycles. The van der Waals surface area contributed by atoms with Gasteiger partial charge in [-0.1, -0.05) is 30.3 Å². The Kier molecular flexibility index (Phi) is 5.17. The predicted octanol–water partition coefficient (Wildman–Crippen LogP) is 4.15. The fraction of sp³-hybridized carbons (Fsp3) is 0.190. The second kappa shape index (κ2) is 7.66. The molecule has 0 saturated carbocycles. The average Bonchev–Trinajstić information content (AvgIpc) is 2.99. The lowest BCUT2D eigenvalue weighted by molar-refractivity contribution is 0.101. The molecule has 9 heteroatoms. The standard InChI is InChI=1S/C21H20F2N4O2S/c1-27-12-19-15(20(27)21(28)25-14-7-9-16(22)17(23)11-14)8-10-18(26-30(19,24)29)13-5-3-2-4-6-13/h2-7,9,11-12,18H,8,10H2,1H3,(H,25,28)(H2,24,26,29)/t18-,30?/m0/s1. The molecule has 0 radical (unpaired) electrons. The molecule has 4 rings (SSSR count). The van der Waals surface area contributed by atoms with Crippen LogP contribution in [0.15, 0.2) is 59.6 Å². The van der Waals surface area contributed by atoms with Crippen LogP contribution in [-0.4, -0.2) is 14.7 Å². The molecular weight excluding hydrogens is 410 g/mol. The molecule has 2 heterocycles. The zero-order valence-electron chi connectivity index (χ0n) is 16.1. The van der Waals surface area contributed by atoms with Gasteiger partial charge in [-0.05, 0) is 30.5 Å². The average molecular weight is 430 g/mol. The molecule has 1 unspecified atom stereocenters. The molecular formula is C21H20F2N4O2S. The van der Waals surface area contributed by atoms with E-state index in [9.17, 15) is 17.8 Å². The van der Waals surface area contributed by atoms with Gasteiger partial charge in [-0.2, -0.15) is 0 Å². The fourth-order valence-corrected chi connectivity index (χ4v) is 5.36. The van der Waals surface area contributed by atoms with E-state index in [1.807, 2.05) is 30.3 Å². The van der Waals surface area contributed by atoms with Crippen molar-refractivity contribution in [3.05, 3.63) is 83.2 Å². The molecule has 1 amide bonds. The highest BCUT2D eigenvalue weighted by Gasteiger charge is 2.31. The van der Waals surface area contributed by atoms with E-state index < -0.39 is 27.5 Å². The van der Waals surface area contributed by atoms with Gasteiger partial charge in [0.15, 0.2) is 11.6 Å². The number of hydrogen-bond donors (Lipinski definition) is 3. The summed E-state index contributed by atoms with van der Waals surface area (Å²) < 4.78 is 52.7. The number of nitrogens with zero attached hydrogens (tertiary/aromatic N) is 1. The molecule has 1 aromatic heterocycles. The smallest absolute Gasteiger partial charge is 0.272 e. The molecule has 6 nitrogen and oxygen atoms in total. The van der Waals surface area contributed by atoms with Crippen LogP contribution in [0, 0.1) is 16.4 Å². The van der Waals surface area contributed by atoms with Gasteiger partial charge in [-0.25, -0.2) is 22.5 Å². The lowest BCUT2D eigenvalue weighted by atomic mass is 9.99. The zero-order chi connectivity index (χ0) is 21.5. The van der Waals surface area contributed by atoms with Crippen LogP contribution in [-0.2, 0) is 23.4 Å². The van der Waals surface area contributed by atoms with E-state index in [1.165, 1.54) is 16.8 Å². The Morgan fingerprint density at radius 1 is 1.20 bits per heavy atom. The van der Waals surface area contributed by atoms with Crippen LogP contribution in [0.4, 0.5) is 14.5 Å². The summed E-state index contributed by atoms with van der Waals surface area (Å²) in [5, 5.41) is 2.55. The van der Waals surface area contributed by atoms with E-state index in [0.29, 0.717) is 18.4 Å². The number of carbonyl (C=O) groups is 1. The van der Waals surface area contributed by atoms with E-state index in [1.54, 1.807) is 7.05 Å². The lowest BCUT2D eigenvalue weighted by Crippen LogP contribution is -2.26. The number of amides is 1. The zero-order valence-corrected chi connectivity index (χ0v) is 16.9. The van der Waals surface area contributed by atoms with E-state index in [2.05, 4.69) is 10.0 Å². The van der Waals surface area contributed by atoms with Gasteiger partial charge in [0.1, 0.15) is 15.6 Å². The van der Waals surface area contributed by atoms with Crippen LogP contribution >= 0.6 is 0 Å². The Labute approximate surface area is 173 Å². The molecule has 156 valence electrons. The molecule has 0 bridgehead atoms. The van der Waals surface area contributed by atoms with Crippen LogP contribution in [0.3, 0.4) is 0 Å². The molecule has 1 aliphatic heterocycles. The monoisotopic (exact) mass is 430 g/mol. The van der Waals surface area contributed by atoms with Crippen molar-refractivity contribution in [1.29, 1.82) is 4.78 Å². The van der Waals surface area contributed by atoms with Gasteiger partial charge < -0.3 is 9.88 Å². The molecule has 30 heavy (non-hydrogen) atoms. The van der Waals surface area contributed by atoms with Crippen molar-refractivity contribution in [2.75, 3.05) is 5.32 Å². The minimum absolute atomic E-state index is 0.106. The third-order valence-corrected chi connectivity index (χ3v) is 6.73. The van der Waals surface area contributed by atoms with Crippen molar-refractivity contribution in [2.24, 2.45) is 7.05 Å². The molecule has 2 aromatic carbocycles. The predicted molar refractivity (Wildman–Crippen MR) is 109 cm³/mol. The third kappa shape index (κ3) is 3.73. The minimum atomic E-state index is -3.36. The van der Waals surface area contributed by atoms with Gasteiger partial charge in [0.2, 0.25) is 0 Å². The molecule has 0 spiro atoms. The van der Waals surface area contributed by atoms with Crippen molar-refractivity contribution < 1.29 is 17.8 Å². The SMILES string of the molecule is Cn1cc2c(c1C(=O)Nc1ccc(F)c(F)c1)CC[C@@H](c1ccccc1)NS2(=N)=O. The van der Waals surface area contributed by atoms with E-state index in [4.69, 9.17) is 4.78 Å². The van der Waals surface area contributed by atoms with Gasteiger partial charge >= 0.3 is 0 Å². The van der Waals surface area contributed by atoms with Crippen molar-refractivity contribution in [2.45, 2.75) is 23.8 Å². The number of anilines is 1. The second-order valence-corrected chi connectivity index (χ2v) is 8.98. The summed E-state index contributed by atoms with van der Waals surface area (Å²) in [6.07, 6.45) is 2.49. The number of hydrogen-bond acceptors (Lipinski definition) is 3. The Hall–Kier alpha value is -3.04. The first-order chi connectivity index (χ1) is 14.3. The summed E-state index contributed by atoms with van der Waals surface area (Å²) in [7, 11) is -1.73. The summed E-state index contributed by atoms with van der Waals surface area (Å²) in [6.45, 7) is 0. The first kappa shape index (κ1) is 20.2. The molecule has 1 aliphatic rings. The Morgan fingerprint density at radius 2 is 1.93 bits per heavy atom. The highest BCUT2D eigenvalue weighted by atomic mass is 32.2. The largest absolute Gasteiger partial charge is 0.345 e. The molecule has 3 aromatic rings. The van der Waals surface area contributed by atoms with E-state index in [-0.39, 0.29) is 22.3 Å². The van der Waals surface area contributed by atoms with Gasteiger partial charge in [0.25, 0.3) is 5.91 Å². The maximum Gasteiger partial charge on any atom is 0.272 e. The molecule has 3 N–H and O–H groups in total. The van der Waals surface area contributed by atoms with Gasteiger partial charge in [-0.15, -0.1) is 0 Å². The van der Waals surface area contributed by atoms with Gasteiger partial charge in [-0.3, -0.25) is 4.79 Å². The van der Waals surface area contributed by atoms with Crippen molar-refractivity contribution in [1.82, 2.24) is 9.29 Å². The molecule has 0 saturated heterocycles. The summed E-state index contributed by atoms with van der Waals surface area (Å²) in [6, 6.07) is 12.2. The number of carbonyl (C=O) groups excluding carboxylic acids is 1. The number of halogens is 2. The Bertz CT molecular complexity index is 1220. The van der Waals surface area contributed by atoms with E-state index in [0.717, 1.165) is 17.7 Å². The number of rotatable bonds is 3. The fourth-order valence-electron chi connectivity index (χ4n) is 3.73. The number of fused-ring (bicyclic) bond motifs is 1.